The van der Waals surface area contributed by atoms with Gasteiger partial charge in [-0.2, -0.15) is 0 Å². The molecular weight excluding hydrogens is 821 g/mol. The van der Waals surface area contributed by atoms with Crippen molar-refractivity contribution in [1.29, 1.82) is 0 Å². The molecule has 1 aromatic heterocycles. The van der Waals surface area contributed by atoms with Crippen molar-refractivity contribution in [3.05, 3.63) is 148 Å². The Labute approximate surface area is 369 Å². The fraction of sp³-hybridized carbons (Fsp3) is 0.271. The van der Waals surface area contributed by atoms with Crippen LogP contribution in [0.15, 0.2) is 127 Å². The van der Waals surface area contributed by atoms with Crippen LogP contribution in [-0.4, -0.2) is 76.7 Å². The molecule has 15 heteroatoms. The Kier molecular flexibility index (Phi) is 15.9. The quantitative estimate of drug-likeness (QED) is 0.0948. The average molecular weight is 871 g/mol. The van der Waals surface area contributed by atoms with Crippen LogP contribution in [0.2, 0.25) is 0 Å². The zero-order chi connectivity index (χ0) is 44.7. The lowest BCUT2D eigenvalue weighted by molar-refractivity contribution is -0.141. The van der Waals surface area contributed by atoms with Crippen molar-refractivity contribution in [1.82, 2.24) is 26.6 Å². The maximum atomic E-state index is 14.6. The predicted octanol–water partition coefficient (Wildman–Crippen LogP) is 4.34. The first kappa shape index (κ1) is 45.4. The minimum absolute atomic E-state index is 0.00738. The normalized spacial score (nSPS) is 19.5. The molecule has 2 aliphatic heterocycles. The number of nitrogens with one attached hydrogen (secondary N) is 6. The molecule has 0 spiro atoms. The van der Waals surface area contributed by atoms with Crippen molar-refractivity contribution in [2.24, 2.45) is 0 Å². The monoisotopic (exact) mass is 870 g/mol. The molecular formula is C48H50N6O8S. The summed E-state index contributed by atoms with van der Waals surface area (Å²) >= 11 is 1.40. The van der Waals surface area contributed by atoms with Gasteiger partial charge in [0, 0.05) is 42.7 Å². The number of carboxylic acids is 1. The van der Waals surface area contributed by atoms with Crippen molar-refractivity contribution in [3.8, 4) is 11.1 Å². The number of amides is 6. The first-order valence-electron chi connectivity index (χ1n) is 20.7. The fourth-order valence-electron chi connectivity index (χ4n) is 7.05. The number of hydrogen-bond donors (Lipinski definition) is 7. The van der Waals surface area contributed by atoms with Gasteiger partial charge in [0.2, 0.25) is 35.4 Å². The minimum Gasteiger partial charge on any atom is -0.480 e. The molecule has 3 heterocycles. The molecule has 7 rings (SSSR count). The van der Waals surface area contributed by atoms with Gasteiger partial charge in [-0.1, -0.05) is 103 Å². The average Bonchev–Trinajstić information content (AvgIpc) is 3.80. The summed E-state index contributed by atoms with van der Waals surface area (Å²) in [5.74, 6) is -5.09. The number of rotatable bonds is 11. The summed E-state index contributed by atoms with van der Waals surface area (Å²) in [4.78, 5) is 95.7. The van der Waals surface area contributed by atoms with Gasteiger partial charge in [0.05, 0.1) is 0 Å². The van der Waals surface area contributed by atoms with Crippen LogP contribution in [0.1, 0.15) is 47.8 Å². The van der Waals surface area contributed by atoms with E-state index in [1.807, 2.05) is 102 Å². The molecule has 2 bridgehead atoms. The number of aryl methyl sites for hydroxylation is 1. The number of aliphatic carboxylic acids is 1. The van der Waals surface area contributed by atoms with E-state index in [9.17, 15) is 38.7 Å². The van der Waals surface area contributed by atoms with Gasteiger partial charge in [-0.3, -0.25) is 33.6 Å². The molecule has 0 saturated heterocycles. The van der Waals surface area contributed by atoms with Crippen LogP contribution in [0.4, 0.5) is 5.69 Å². The molecule has 6 amide bonds. The van der Waals surface area contributed by atoms with E-state index in [1.165, 1.54) is 18.3 Å². The van der Waals surface area contributed by atoms with E-state index in [1.54, 1.807) is 24.3 Å². The molecule has 0 radical (unpaired) electrons. The third-order valence-corrected chi connectivity index (χ3v) is 11.5. The summed E-state index contributed by atoms with van der Waals surface area (Å²) in [5, 5.41) is 27.8. The summed E-state index contributed by atoms with van der Waals surface area (Å²) in [7, 11) is 0. The van der Waals surface area contributed by atoms with Crippen molar-refractivity contribution in [2.45, 2.75) is 82.1 Å². The van der Waals surface area contributed by atoms with Crippen LogP contribution in [-0.2, 0) is 59.2 Å². The number of anilines is 1. The van der Waals surface area contributed by atoms with Crippen LogP contribution in [0.25, 0.3) is 11.1 Å². The van der Waals surface area contributed by atoms with Gasteiger partial charge in [-0.25, -0.2) is 0 Å². The first-order valence-corrected chi connectivity index (χ1v) is 21.6. The Morgan fingerprint density at radius 3 is 1.90 bits per heavy atom. The van der Waals surface area contributed by atoms with Crippen molar-refractivity contribution >= 4 is 58.4 Å². The predicted molar refractivity (Wildman–Crippen MR) is 239 cm³/mol. The molecule has 7 N–H and O–H groups in total. The first-order chi connectivity index (χ1) is 30.4. The highest BCUT2D eigenvalue weighted by Crippen LogP contribution is 2.21. The molecule has 326 valence electrons. The Morgan fingerprint density at radius 2 is 1.25 bits per heavy atom. The number of carbonyl (C=O) groups excluding carboxylic acids is 6. The Balaban J connectivity index is 1.36. The summed E-state index contributed by atoms with van der Waals surface area (Å²) in [6.07, 6.45) is 0.0868. The number of hydrogen-bond acceptors (Lipinski definition) is 8. The van der Waals surface area contributed by atoms with Gasteiger partial charge < -0.3 is 37.0 Å². The molecule has 0 saturated carbocycles. The standard InChI is InChI=1S/C48H50N6O8S/c1-30(48(61)62)49-45(58)39-28-33-16-21-36(22-17-33)50-42(55)24-25-43(56)51-41(29-37-13-8-26-63-37)47(60)54-40(27-32-14-19-35(20-15-32)34-11-6-3-7-12-34)46(59)52-38(44(57)53-39)23-18-31-9-4-2-5-10-31/h2-17,19-22,26,30,38-41H,18,23-25,27-29H2,1H3,(H,49,58)(H,50,55)(H,51,56)(H,52,59)(H,53,57)(H,54,60)(H,61,62). The van der Waals surface area contributed by atoms with Crippen LogP contribution >= 0.6 is 11.3 Å². The van der Waals surface area contributed by atoms with E-state index in [4.69, 9.17) is 0 Å². The number of thiophene rings is 1. The Morgan fingerprint density at radius 1 is 0.651 bits per heavy atom. The van der Waals surface area contributed by atoms with E-state index in [-0.39, 0.29) is 38.5 Å². The number of carbonyl (C=O) groups is 7. The van der Waals surface area contributed by atoms with Gasteiger partial charge in [0.1, 0.15) is 30.2 Å². The maximum Gasteiger partial charge on any atom is 0.325 e. The van der Waals surface area contributed by atoms with Gasteiger partial charge >= 0.3 is 5.97 Å². The number of carboxylic acid groups (broad SMARTS) is 1. The third kappa shape index (κ3) is 13.7. The van der Waals surface area contributed by atoms with E-state index in [0.29, 0.717) is 23.2 Å². The van der Waals surface area contributed by atoms with Crippen LogP contribution in [0.5, 0.6) is 0 Å². The smallest absolute Gasteiger partial charge is 0.325 e. The van der Waals surface area contributed by atoms with E-state index in [2.05, 4.69) is 31.9 Å². The second kappa shape index (κ2) is 22.1. The summed E-state index contributed by atoms with van der Waals surface area (Å²) in [6, 6.07) is 30.6. The summed E-state index contributed by atoms with van der Waals surface area (Å²) < 4.78 is 0. The van der Waals surface area contributed by atoms with E-state index >= 15 is 0 Å². The zero-order valence-corrected chi connectivity index (χ0v) is 35.5. The van der Waals surface area contributed by atoms with Crippen LogP contribution < -0.4 is 31.9 Å². The highest BCUT2D eigenvalue weighted by Gasteiger charge is 2.33. The molecule has 63 heavy (non-hydrogen) atoms. The third-order valence-electron chi connectivity index (χ3n) is 10.6. The van der Waals surface area contributed by atoms with Crippen LogP contribution in [0.3, 0.4) is 0 Å². The van der Waals surface area contributed by atoms with Gasteiger partial charge in [0.25, 0.3) is 0 Å². The van der Waals surface area contributed by atoms with E-state index < -0.39 is 71.6 Å². The largest absolute Gasteiger partial charge is 0.480 e. The number of benzene rings is 4. The maximum absolute atomic E-state index is 14.6. The summed E-state index contributed by atoms with van der Waals surface area (Å²) in [6.45, 7) is 1.30. The zero-order valence-electron chi connectivity index (χ0n) is 34.7. The molecule has 2 aliphatic rings. The molecule has 5 aromatic rings. The molecule has 0 fully saturated rings. The molecule has 5 unspecified atom stereocenters. The van der Waals surface area contributed by atoms with Gasteiger partial charge in [0.15, 0.2) is 0 Å². The molecule has 0 aliphatic carbocycles. The Bertz CT molecular complexity index is 2360. The van der Waals surface area contributed by atoms with E-state index in [0.717, 1.165) is 21.6 Å². The molecule has 4 aromatic carbocycles. The van der Waals surface area contributed by atoms with Gasteiger partial charge in [-0.05, 0) is 71.2 Å². The highest BCUT2D eigenvalue weighted by atomic mass is 32.1. The Hall–Kier alpha value is -7.13. The summed E-state index contributed by atoms with van der Waals surface area (Å²) in [5.41, 5.74) is 4.51. The lowest BCUT2D eigenvalue weighted by Crippen LogP contribution is -2.59. The molecule has 5 atom stereocenters. The topological polar surface area (TPSA) is 212 Å². The number of fused-ring (bicyclic) bond motifs is 18. The van der Waals surface area contributed by atoms with Crippen molar-refractivity contribution in [3.63, 3.8) is 0 Å². The van der Waals surface area contributed by atoms with Gasteiger partial charge in [-0.15, -0.1) is 11.3 Å². The second-order valence-electron chi connectivity index (χ2n) is 15.4. The second-order valence-corrected chi connectivity index (χ2v) is 16.4. The van der Waals surface area contributed by atoms with Crippen LogP contribution in [0, 0.1) is 0 Å². The minimum atomic E-state index is -1.28. The lowest BCUT2D eigenvalue weighted by Gasteiger charge is -2.27. The molecule has 14 nitrogen and oxygen atoms in total. The highest BCUT2D eigenvalue weighted by molar-refractivity contribution is 7.09. The SMILES string of the molecule is CC(NC(=O)C1Cc2ccc(cc2)NC(=O)CCC(=O)NC(Cc2cccs2)C(=O)NC(Cc2ccc(-c3ccccc3)cc2)C(=O)NC(CCc2ccccc2)C(=O)N1)C(=O)O. The van der Waals surface area contributed by atoms with Crippen molar-refractivity contribution in [2.75, 3.05) is 5.32 Å². The van der Waals surface area contributed by atoms with Crippen molar-refractivity contribution < 1.29 is 38.7 Å². The lowest BCUT2D eigenvalue weighted by atomic mass is 9.99. The fourth-order valence-corrected chi connectivity index (χ4v) is 7.80.